The number of halogens is 1. The fourth-order valence-corrected chi connectivity index (χ4v) is 4.85. The van der Waals surface area contributed by atoms with Gasteiger partial charge in [0.05, 0.1) is 0 Å². The summed E-state index contributed by atoms with van der Waals surface area (Å²) >= 11 is 5.88. The molecule has 0 unspecified atom stereocenters. The van der Waals surface area contributed by atoms with Gasteiger partial charge in [-0.1, -0.05) is 48.0 Å². The maximum absolute atomic E-state index is 5.88. The molecule has 5 rings (SSSR count). The van der Waals surface area contributed by atoms with Crippen molar-refractivity contribution in [2.75, 3.05) is 31.6 Å². The number of anilines is 1. The third kappa shape index (κ3) is 3.30. The number of hydrogen-bond acceptors (Lipinski definition) is 3. The van der Waals surface area contributed by atoms with Crippen LogP contribution >= 0.6 is 11.6 Å². The maximum Gasteiger partial charge on any atom is 0.129 e. The van der Waals surface area contributed by atoms with Gasteiger partial charge in [0.1, 0.15) is 5.15 Å². The smallest absolute Gasteiger partial charge is 0.129 e. The molecule has 2 aliphatic heterocycles. The highest BCUT2D eigenvalue weighted by Crippen LogP contribution is 2.35. The van der Waals surface area contributed by atoms with Gasteiger partial charge in [0.25, 0.3) is 0 Å². The molecule has 2 aliphatic rings. The van der Waals surface area contributed by atoms with Crippen LogP contribution in [0.3, 0.4) is 0 Å². The van der Waals surface area contributed by atoms with Gasteiger partial charge in [-0.05, 0) is 60.3 Å². The lowest BCUT2D eigenvalue weighted by molar-refractivity contribution is 0.386. The van der Waals surface area contributed by atoms with Crippen LogP contribution in [0.5, 0.6) is 0 Å². The van der Waals surface area contributed by atoms with Gasteiger partial charge in [-0.3, -0.25) is 0 Å². The normalized spacial score (nSPS) is 21.9. The van der Waals surface area contributed by atoms with E-state index < -0.39 is 0 Å². The largest absolute Gasteiger partial charge is 0.367 e. The molecule has 0 amide bonds. The fourth-order valence-electron chi connectivity index (χ4n) is 4.74. The lowest BCUT2D eigenvalue weighted by atomic mass is 10.0. The molecule has 0 aliphatic carbocycles. The van der Waals surface area contributed by atoms with E-state index in [9.17, 15) is 0 Å². The van der Waals surface area contributed by atoms with E-state index in [1.807, 2.05) is 18.3 Å². The van der Waals surface area contributed by atoms with Crippen molar-refractivity contribution in [3.63, 3.8) is 0 Å². The van der Waals surface area contributed by atoms with Crippen molar-refractivity contribution in [2.24, 2.45) is 5.92 Å². The summed E-state index contributed by atoms with van der Waals surface area (Å²) in [5.74, 6) is 0.833. The zero-order chi connectivity index (χ0) is 19.1. The van der Waals surface area contributed by atoms with Crippen LogP contribution in [0.2, 0.25) is 5.15 Å². The number of benzene rings is 2. The molecule has 2 fully saturated rings. The molecule has 0 N–H and O–H groups in total. The third-order valence-electron chi connectivity index (χ3n) is 6.21. The monoisotopic (exact) mass is 389 g/mol. The van der Waals surface area contributed by atoms with Gasteiger partial charge in [0.15, 0.2) is 0 Å². The molecule has 2 saturated heterocycles. The second kappa shape index (κ2) is 7.23. The maximum atomic E-state index is 5.88. The van der Waals surface area contributed by atoms with Gasteiger partial charge < -0.3 is 9.80 Å². The molecular formula is C24H24ClN3. The summed E-state index contributed by atoms with van der Waals surface area (Å²) in [6.45, 7) is 3.62. The average molecular weight is 390 g/mol. The zero-order valence-corrected chi connectivity index (χ0v) is 16.8. The minimum atomic E-state index is 0.522. The number of likely N-dealkylation sites (tertiary alicyclic amines) is 1. The molecule has 28 heavy (non-hydrogen) atoms. The van der Waals surface area contributed by atoms with Crippen LogP contribution in [0.25, 0.3) is 22.3 Å². The van der Waals surface area contributed by atoms with Crippen LogP contribution in [-0.4, -0.2) is 42.6 Å². The highest BCUT2D eigenvalue weighted by molar-refractivity contribution is 6.29. The molecule has 1 aromatic heterocycles. The number of hydrogen-bond donors (Lipinski definition) is 0. The van der Waals surface area contributed by atoms with Crippen molar-refractivity contribution in [3.8, 4) is 22.3 Å². The Balaban J connectivity index is 1.34. The Bertz CT molecular complexity index is 951. The Morgan fingerprint density at radius 1 is 0.821 bits per heavy atom. The van der Waals surface area contributed by atoms with Crippen molar-refractivity contribution < 1.29 is 0 Å². The number of fused-ring (bicyclic) bond motifs is 1. The molecule has 0 spiro atoms. The summed E-state index contributed by atoms with van der Waals surface area (Å²) in [6, 6.07) is 22.2. The summed E-state index contributed by atoms with van der Waals surface area (Å²) in [6.07, 6.45) is 3.13. The van der Waals surface area contributed by atoms with Gasteiger partial charge in [-0.2, -0.15) is 0 Å². The zero-order valence-electron chi connectivity index (χ0n) is 16.1. The molecular weight excluding hydrogens is 366 g/mol. The molecule has 3 nitrogen and oxygen atoms in total. The lowest BCUT2D eigenvalue weighted by Gasteiger charge is -2.26. The molecule has 142 valence electrons. The molecule has 0 bridgehead atoms. The van der Waals surface area contributed by atoms with Crippen LogP contribution < -0.4 is 4.90 Å². The average Bonchev–Trinajstić information content (AvgIpc) is 3.28. The van der Waals surface area contributed by atoms with Gasteiger partial charge in [-0.15, -0.1) is 0 Å². The van der Waals surface area contributed by atoms with E-state index in [1.54, 1.807) is 0 Å². The van der Waals surface area contributed by atoms with Crippen molar-refractivity contribution in [3.05, 3.63) is 72.0 Å². The summed E-state index contributed by atoms with van der Waals surface area (Å²) in [5, 5.41) is 0.522. The lowest BCUT2D eigenvalue weighted by Crippen LogP contribution is -2.34. The molecule has 2 atom stereocenters. The van der Waals surface area contributed by atoms with E-state index in [-0.39, 0.29) is 0 Å². The summed E-state index contributed by atoms with van der Waals surface area (Å²) in [5.41, 5.74) is 6.07. The summed E-state index contributed by atoms with van der Waals surface area (Å²) in [7, 11) is 2.24. The Hall–Kier alpha value is -2.36. The minimum Gasteiger partial charge on any atom is -0.367 e. The van der Waals surface area contributed by atoms with Gasteiger partial charge in [0.2, 0.25) is 0 Å². The Morgan fingerprint density at radius 3 is 2.07 bits per heavy atom. The number of nitrogens with zero attached hydrogens (tertiary/aromatic N) is 3. The molecule has 2 aromatic carbocycles. The number of aromatic nitrogens is 1. The quantitative estimate of drug-likeness (QED) is 0.573. The highest BCUT2D eigenvalue weighted by atomic mass is 35.5. The van der Waals surface area contributed by atoms with Gasteiger partial charge in [0, 0.05) is 43.1 Å². The van der Waals surface area contributed by atoms with Crippen molar-refractivity contribution >= 4 is 17.3 Å². The predicted octanol–water partition coefficient (Wildman–Crippen LogP) is 5.21. The van der Waals surface area contributed by atoms with Crippen LogP contribution in [0.4, 0.5) is 5.69 Å². The van der Waals surface area contributed by atoms with Crippen molar-refractivity contribution in [2.45, 2.75) is 12.5 Å². The number of rotatable bonds is 3. The standard InChI is InChI=1S/C24H24ClN3/c1-27-15-21-12-13-28(23(21)16-27)22-9-6-18(7-10-22)17-2-4-19(5-3-17)20-8-11-24(25)26-14-20/h2-11,14,21,23H,12-13,15-16H2,1H3/t21-,23+/m1/s1. The van der Waals surface area contributed by atoms with E-state index in [1.165, 1.54) is 42.9 Å². The summed E-state index contributed by atoms with van der Waals surface area (Å²) < 4.78 is 0. The number of likely N-dealkylation sites (N-methyl/N-ethyl adjacent to an activating group) is 1. The van der Waals surface area contributed by atoms with E-state index in [4.69, 9.17) is 11.6 Å². The second-order valence-corrected chi connectivity index (χ2v) is 8.41. The first kappa shape index (κ1) is 17.7. The third-order valence-corrected chi connectivity index (χ3v) is 6.43. The van der Waals surface area contributed by atoms with Crippen LogP contribution in [0, 0.1) is 5.92 Å². The molecule has 0 saturated carbocycles. The minimum absolute atomic E-state index is 0.522. The fraction of sp³-hybridized carbons (Fsp3) is 0.292. The first-order valence-corrected chi connectivity index (χ1v) is 10.3. The predicted molar refractivity (Wildman–Crippen MR) is 117 cm³/mol. The van der Waals surface area contributed by atoms with Crippen molar-refractivity contribution in [1.82, 2.24) is 9.88 Å². The highest BCUT2D eigenvalue weighted by Gasteiger charge is 2.39. The van der Waals surface area contributed by atoms with Crippen LogP contribution in [0.15, 0.2) is 66.9 Å². The molecule has 3 heterocycles. The van der Waals surface area contributed by atoms with E-state index in [2.05, 4.69) is 70.4 Å². The SMILES string of the molecule is CN1C[C@H]2CCN(c3ccc(-c4ccc(-c5ccc(Cl)nc5)cc4)cc3)[C@H]2C1. The Kier molecular flexibility index (Phi) is 4.58. The summed E-state index contributed by atoms with van der Waals surface area (Å²) in [4.78, 5) is 9.24. The Labute approximate surface area is 171 Å². The topological polar surface area (TPSA) is 19.4 Å². The van der Waals surface area contributed by atoms with E-state index >= 15 is 0 Å². The molecule has 0 radical (unpaired) electrons. The van der Waals surface area contributed by atoms with Gasteiger partial charge >= 0.3 is 0 Å². The van der Waals surface area contributed by atoms with Crippen molar-refractivity contribution in [1.29, 1.82) is 0 Å². The van der Waals surface area contributed by atoms with Crippen LogP contribution in [0.1, 0.15) is 6.42 Å². The van der Waals surface area contributed by atoms with E-state index in [0.29, 0.717) is 11.2 Å². The first-order valence-electron chi connectivity index (χ1n) is 9.95. The molecule has 3 aromatic rings. The van der Waals surface area contributed by atoms with Gasteiger partial charge in [-0.25, -0.2) is 4.98 Å². The first-order chi connectivity index (χ1) is 13.7. The molecule has 4 heteroatoms. The van der Waals surface area contributed by atoms with Crippen LogP contribution in [-0.2, 0) is 0 Å². The van der Waals surface area contributed by atoms with E-state index in [0.717, 1.165) is 17.0 Å². The Morgan fingerprint density at radius 2 is 1.43 bits per heavy atom. The number of pyridine rings is 1. The second-order valence-electron chi connectivity index (χ2n) is 8.02.